The van der Waals surface area contributed by atoms with Crippen molar-refractivity contribution in [3.63, 3.8) is 0 Å². The topological polar surface area (TPSA) is 77.8 Å². The van der Waals surface area contributed by atoms with Gasteiger partial charge < -0.3 is 15.1 Å². The summed E-state index contributed by atoms with van der Waals surface area (Å²) in [6, 6.07) is -0.140. The second-order valence-corrected chi connectivity index (χ2v) is 6.88. The number of aliphatic hydroxyl groups is 1. The van der Waals surface area contributed by atoms with E-state index in [1.54, 1.807) is 18.7 Å². The number of carbonyl (C=O) groups excluding carboxylic acids is 1. The zero-order valence-corrected chi connectivity index (χ0v) is 12.4. The molecule has 2 fully saturated rings. The fourth-order valence-electron chi connectivity index (χ4n) is 4.08. The van der Waals surface area contributed by atoms with Crippen LogP contribution in [0, 0.1) is 11.8 Å². The molecule has 3 aliphatic rings. The number of hydrogen-bond acceptors (Lipinski definition) is 4. The first-order valence-electron chi connectivity index (χ1n) is 7.00. The minimum absolute atomic E-state index is 0.115. The maximum absolute atomic E-state index is 12.2. The molecule has 0 aromatic heterocycles. The smallest absolute Gasteiger partial charge is 0.352 e. The Morgan fingerprint density at radius 1 is 1.45 bits per heavy atom. The van der Waals surface area contributed by atoms with Gasteiger partial charge in [0, 0.05) is 11.2 Å². The second kappa shape index (κ2) is 4.77. The Kier molecular flexibility index (Phi) is 3.33. The summed E-state index contributed by atoms with van der Waals surface area (Å²) in [5.74, 6) is -1.56. The molecule has 110 valence electrons. The first kappa shape index (κ1) is 13.9. The zero-order chi connectivity index (χ0) is 14.6. The summed E-state index contributed by atoms with van der Waals surface area (Å²) in [4.78, 5) is 25.2. The molecule has 20 heavy (non-hydrogen) atoms. The van der Waals surface area contributed by atoms with Gasteiger partial charge in [0.05, 0.1) is 18.1 Å². The number of fused-ring (bicyclic) bond motifs is 3. The summed E-state index contributed by atoms with van der Waals surface area (Å²) in [5, 5.41) is 19.5. The highest BCUT2D eigenvalue weighted by Crippen LogP contribution is 2.53. The highest BCUT2D eigenvalue weighted by Gasteiger charge is 2.62. The number of rotatable bonds is 3. The molecular weight excluding hydrogens is 278 g/mol. The van der Waals surface area contributed by atoms with Crippen molar-refractivity contribution in [3.8, 4) is 0 Å². The van der Waals surface area contributed by atoms with E-state index in [4.69, 9.17) is 0 Å². The molecule has 2 N–H and O–H groups in total. The normalized spacial score (nSPS) is 37.4. The van der Waals surface area contributed by atoms with Crippen molar-refractivity contribution in [1.29, 1.82) is 0 Å². The van der Waals surface area contributed by atoms with Crippen LogP contribution in [0.3, 0.4) is 0 Å². The van der Waals surface area contributed by atoms with Gasteiger partial charge in [0.15, 0.2) is 0 Å². The molecule has 0 aromatic rings. The predicted molar refractivity (Wildman–Crippen MR) is 75.1 cm³/mol. The van der Waals surface area contributed by atoms with Crippen LogP contribution in [0.4, 0.5) is 0 Å². The molecule has 3 rings (SSSR count). The third-order valence-corrected chi connectivity index (χ3v) is 5.91. The van der Waals surface area contributed by atoms with Gasteiger partial charge in [-0.3, -0.25) is 4.79 Å². The van der Waals surface area contributed by atoms with Gasteiger partial charge in [-0.2, -0.15) is 11.8 Å². The number of aliphatic hydroxyl groups excluding tert-OH is 1. The van der Waals surface area contributed by atoms with E-state index < -0.39 is 18.0 Å². The molecule has 0 radical (unpaired) electrons. The van der Waals surface area contributed by atoms with Crippen LogP contribution in [0.25, 0.3) is 0 Å². The zero-order valence-electron chi connectivity index (χ0n) is 11.6. The van der Waals surface area contributed by atoms with Gasteiger partial charge in [0.1, 0.15) is 5.70 Å². The van der Waals surface area contributed by atoms with Crippen LogP contribution in [-0.2, 0) is 9.59 Å². The monoisotopic (exact) mass is 297 g/mol. The van der Waals surface area contributed by atoms with Crippen molar-refractivity contribution >= 4 is 23.6 Å². The van der Waals surface area contributed by atoms with Crippen molar-refractivity contribution in [2.75, 3.05) is 6.26 Å². The molecule has 0 aromatic carbocycles. The molecule has 5 nitrogen and oxygen atoms in total. The van der Waals surface area contributed by atoms with Gasteiger partial charge in [0.2, 0.25) is 5.91 Å². The Morgan fingerprint density at radius 3 is 2.70 bits per heavy atom. The number of hydrogen-bond donors (Lipinski definition) is 2. The summed E-state index contributed by atoms with van der Waals surface area (Å²) >= 11 is 1.66. The summed E-state index contributed by atoms with van der Waals surface area (Å²) < 4.78 is 0. The van der Waals surface area contributed by atoms with Crippen molar-refractivity contribution in [2.45, 2.75) is 43.6 Å². The van der Waals surface area contributed by atoms with E-state index in [-0.39, 0.29) is 28.8 Å². The van der Waals surface area contributed by atoms with E-state index in [1.807, 2.05) is 6.26 Å². The molecule has 1 amide bonds. The number of carboxylic acids is 1. The molecule has 2 aliphatic heterocycles. The van der Waals surface area contributed by atoms with Crippen LogP contribution in [0.2, 0.25) is 0 Å². The number of amides is 1. The fourth-order valence-corrected chi connectivity index (χ4v) is 5.02. The van der Waals surface area contributed by atoms with Crippen molar-refractivity contribution in [2.24, 2.45) is 11.8 Å². The maximum Gasteiger partial charge on any atom is 0.352 e. The van der Waals surface area contributed by atoms with Gasteiger partial charge in [-0.05, 0) is 31.6 Å². The highest BCUT2D eigenvalue weighted by atomic mass is 32.2. The van der Waals surface area contributed by atoms with Crippen molar-refractivity contribution in [3.05, 3.63) is 11.3 Å². The molecule has 2 heterocycles. The summed E-state index contributed by atoms with van der Waals surface area (Å²) in [6.07, 6.45) is 4.21. The molecule has 5 unspecified atom stereocenters. The van der Waals surface area contributed by atoms with Crippen LogP contribution >= 0.6 is 11.8 Å². The van der Waals surface area contributed by atoms with E-state index in [0.717, 1.165) is 24.8 Å². The molecule has 0 bridgehead atoms. The van der Waals surface area contributed by atoms with Gasteiger partial charge in [-0.1, -0.05) is 6.42 Å². The maximum atomic E-state index is 12.2. The lowest BCUT2D eigenvalue weighted by molar-refractivity contribution is -0.163. The van der Waals surface area contributed by atoms with E-state index in [0.29, 0.717) is 0 Å². The van der Waals surface area contributed by atoms with Gasteiger partial charge in [-0.25, -0.2) is 4.79 Å². The lowest BCUT2D eigenvalue weighted by Crippen LogP contribution is -2.64. The number of nitrogens with zero attached hydrogens (tertiary/aromatic N) is 1. The number of thioether (sulfide) groups is 1. The van der Waals surface area contributed by atoms with Crippen LogP contribution in [0.15, 0.2) is 11.3 Å². The third kappa shape index (κ3) is 1.67. The summed E-state index contributed by atoms with van der Waals surface area (Å²) in [6.45, 7) is 1.62. The van der Waals surface area contributed by atoms with Gasteiger partial charge >= 0.3 is 5.97 Å². The molecule has 6 heteroatoms. The largest absolute Gasteiger partial charge is 0.477 e. The first-order chi connectivity index (χ1) is 9.49. The lowest BCUT2D eigenvalue weighted by Gasteiger charge is -2.47. The fraction of sp³-hybridized carbons (Fsp3) is 0.714. The van der Waals surface area contributed by atoms with Gasteiger partial charge in [0.25, 0.3) is 0 Å². The standard InChI is InChI=1S/C14H19NO4S/c1-6(16)9-11-7-4-3-5-8(20-2)10(7)12(14(18)19)15(11)13(9)17/h6-9,11,16H,3-5H2,1-2H3,(H,18,19). The Hall–Kier alpha value is -1.01. The Bertz CT molecular complexity index is 501. The third-order valence-electron chi connectivity index (χ3n) is 4.85. The van der Waals surface area contributed by atoms with Crippen molar-refractivity contribution in [1.82, 2.24) is 4.90 Å². The van der Waals surface area contributed by atoms with Crippen molar-refractivity contribution < 1.29 is 19.8 Å². The van der Waals surface area contributed by atoms with Gasteiger partial charge in [-0.15, -0.1) is 0 Å². The summed E-state index contributed by atoms with van der Waals surface area (Å²) in [5.41, 5.74) is 1.12. The van der Waals surface area contributed by atoms with E-state index in [1.165, 1.54) is 4.90 Å². The molecule has 5 atom stereocenters. The average molecular weight is 297 g/mol. The quantitative estimate of drug-likeness (QED) is 0.762. The van der Waals surface area contributed by atoms with Crippen LogP contribution in [-0.4, -0.2) is 50.6 Å². The SMILES string of the molecule is CSC1CCCC2C1=C(C(=O)O)N1C(=O)C(C(C)O)C21. The number of carboxylic acid groups (broad SMARTS) is 1. The Morgan fingerprint density at radius 2 is 2.15 bits per heavy atom. The average Bonchev–Trinajstić information content (AvgIpc) is 2.69. The molecular formula is C14H19NO4S. The number of aliphatic carboxylic acids is 1. The Balaban J connectivity index is 2.04. The first-order valence-corrected chi connectivity index (χ1v) is 8.29. The minimum Gasteiger partial charge on any atom is -0.477 e. The molecule has 1 aliphatic carbocycles. The van der Waals surface area contributed by atoms with Crippen LogP contribution in [0.5, 0.6) is 0 Å². The second-order valence-electron chi connectivity index (χ2n) is 5.84. The molecule has 1 saturated heterocycles. The lowest BCUT2D eigenvalue weighted by atomic mass is 9.72. The van der Waals surface area contributed by atoms with E-state index >= 15 is 0 Å². The molecule has 1 saturated carbocycles. The van der Waals surface area contributed by atoms with E-state index in [9.17, 15) is 19.8 Å². The summed E-state index contributed by atoms with van der Waals surface area (Å²) in [7, 11) is 0. The number of carbonyl (C=O) groups is 2. The van der Waals surface area contributed by atoms with E-state index in [2.05, 4.69) is 0 Å². The van der Waals surface area contributed by atoms with Crippen LogP contribution in [0.1, 0.15) is 26.2 Å². The van der Waals surface area contributed by atoms with Crippen LogP contribution < -0.4 is 0 Å². The minimum atomic E-state index is -1.01. The highest BCUT2D eigenvalue weighted by molar-refractivity contribution is 7.99. The Labute approximate surface area is 122 Å². The molecule has 0 spiro atoms. The number of β-lactam (4-membered cyclic amide) rings is 1. The predicted octanol–water partition coefficient (Wildman–Crippen LogP) is 1.08.